The minimum absolute atomic E-state index is 0.297. The molecule has 4 nitrogen and oxygen atoms in total. The molecular formula is C12H14O4. The molecule has 0 heterocycles. The van der Waals surface area contributed by atoms with Gasteiger partial charge in [0.1, 0.15) is 11.9 Å². The Kier molecular flexibility index (Phi) is 2.69. The monoisotopic (exact) mass is 222 g/mol. The zero-order valence-electron chi connectivity index (χ0n) is 9.01. The van der Waals surface area contributed by atoms with Crippen LogP contribution in [-0.4, -0.2) is 28.7 Å². The van der Waals surface area contributed by atoms with Crippen molar-refractivity contribution in [2.75, 3.05) is 7.11 Å². The quantitative estimate of drug-likeness (QED) is 0.794. The fraction of sp³-hybridized carbons (Fsp3) is 0.417. The molecule has 0 bridgehead atoms. The summed E-state index contributed by atoms with van der Waals surface area (Å²) in [5.41, 5.74) is -1.19. The lowest BCUT2D eigenvalue weighted by Crippen LogP contribution is -2.52. The summed E-state index contributed by atoms with van der Waals surface area (Å²) < 4.78 is 5.08. The summed E-state index contributed by atoms with van der Waals surface area (Å²) in [6, 6.07) is 6.83. The lowest BCUT2D eigenvalue weighted by molar-refractivity contribution is -0.168. The number of aliphatic hydroxyl groups is 2. The van der Waals surface area contributed by atoms with E-state index in [4.69, 9.17) is 4.74 Å². The molecule has 1 aromatic rings. The number of methoxy groups -OCH3 is 1. The van der Waals surface area contributed by atoms with Crippen LogP contribution in [0.1, 0.15) is 24.5 Å². The van der Waals surface area contributed by atoms with Crippen LogP contribution in [0.5, 0.6) is 5.75 Å². The van der Waals surface area contributed by atoms with E-state index in [1.165, 1.54) is 7.11 Å². The van der Waals surface area contributed by atoms with Gasteiger partial charge in [0.25, 0.3) is 0 Å². The zero-order valence-corrected chi connectivity index (χ0v) is 9.01. The molecule has 0 aromatic heterocycles. The van der Waals surface area contributed by atoms with E-state index in [9.17, 15) is 15.0 Å². The number of hydrogen-bond donors (Lipinski definition) is 2. The normalized spacial score (nSPS) is 26.1. The fourth-order valence-electron chi connectivity index (χ4n) is 1.92. The Bertz CT molecular complexity index is 415. The van der Waals surface area contributed by atoms with Crippen LogP contribution < -0.4 is 4.74 Å². The molecule has 16 heavy (non-hydrogen) atoms. The molecule has 1 saturated carbocycles. The highest BCUT2D eigenvalue weighted by molar-refractivity contribution is 5.93. The number of para-hydroxylation sites is 1. The Morgan fingerprint density at radius 3 is 2.62 bits per heavy atom. The molecule has 1 aliphatic carbocycles. The number of rotatable bonds is 3. The first-order valence-corrected chi connectivity index (χ1v) is 5.16. The van der Waals surface area contributed by atoms with Gasteiger partial charge in [-0.2, -0.15) is 0 Å². The number of ether oxygens (including phenoxy) is 1. The zero-order chi connectivity index (χ0) is 11.8. The van der Waals surface area contributed by atoms with E-state index in [0.29, 0.717) is 24.2 Å². The average Bonchev–Trinajstić information content (AvgIpc) is 2.34. The van der Waals surface area contributed by atoms with E-state index in [1.54, 1.807) is 24.3 Å². The minimum Gasteiger partial charge on any atom is -0.496 e. The SMILES string of the molecule is COc1ccccc1C(O)C1(O)CCC1=O. The Balaban J connectivity index is 2.33. The number of ketones is 1. The highest BCUT2D eigenvalue weighted by Crippen LogP contribution is 2.41. The van der Waals surface area contributed by atoms with Crippen molar-refractivity contribution in [2.45, 2.75) is 24.5 Å². The van der Waals surface area contributed by atoms with Crippen LogP contribution in [0.3, 0.4) is 0 Å². The molecule has 4 heteroatoms. The van der Waals surface area contributed by atoms with Gasteiger partial charge in [-0.3, -0.25) is 4.79 Å². The van der Waals surface area contributed by atoms with Gasteiger partial charge in [0.15, 0.2) is 11.4 Å². The topological polar surface area (TPSA) is 66.8 Å². The molecule has 1 aromatic carbocycles. The molecule has 2 N–H and O–H groups in total. The lowest BCUT2D eigenvalue weighted by Gasteiger charge is -2.39. The van der Waals surface area contributed by atoms with Crippen molar-refractivity contribution in [1.29, 1.82) is 0 Å². The first kappa shape index (κ1) is 11.1. The van der Waals surface area contributed by atoms with Crippen LogP contribution in [0.4, 0.5) is 0 Å². The average molecular weight is 222 g/mol. The van der Waals surface area contributed by atoms with Crippen LogP contribution >= 0.6 is 0 Å². The van der Waals surface area contributed by atoms with Crippen molar-refractivity contribution >= 4 is 5.78 Å². The minimum atomic E-state index is -1.63. The van der Waals surface area contributed by atoms with E-state index in [1.807, 2.05) is 0 Å². The molecule has 0 aliphatic heterocycles. The standard InChI is InChI=1S/C12H14O4/c1-16-9-5-3-2-4-8(9)11(14)12(15)7-6-10(12)13/h2-5,11,14-15H,6-7H2,1H3. The van der Waals surface area contributed by atoms with E-state index in [2.05, 4.69) is 0 Å². The predicted molar refractivity (Wildman–Crippen MR) is 57.1 cm³/mol. The van der Waals surface area contributed by atoms with E-state index < -0.39 is 11.7 Å². The summed E-state index contributed by atoms with van der Waals surface area (Å²) in [4.78, 5) is 11.3. The Morgan fingerprint density at radius 1 is 1.44 bits per heavy atom. The summed E-state index contributed by atoms with van der Waals surface area (Å²) in [6.45, 7) is 0. The molecule has 2 rings (SSSR count). The maximum atomic E-state index is 11.3. The number of carbonyl (C=O) groups is 1. The van der Waals surface area contributed by atoms with E-state index in [-0.39, 0.29) is 5.78 Å². The molecular weight excluding hydrogens is 208 g/mol. The summed E-state index contributed by atoms with van der Waals surface area (Å²) in [6.07, 6.45) is -0.599. The van der Waals surface area contributed by atoms with Gasteiger partial charge in [-0.15, -0.1) is 0 Å². The summed E-state index contributed by atoms with van der Waals surface area (Å²) >= 11 is 0. The molecule has 1 fully saturated rings. The predicted octanol–water partition coefficient (Wildman–Crippen LogP) is 0.823. The first-order valence-electron chi connectivity index (χ1n) is 5.16. The third-order valence-corrected chi connectivity index (χ3v) is 3.10. The highest BCUT2D eigenvalue weighted by atomic mass is 16.5. The number of aliphatic hydroxyl groups excluding tert-OH is 1. The summed E-state index contributed by atoms with van der Waals surface area (Å²) in [5, 5.41) is 20.0. The van der Waals surface area contributed by atoms with Crippen LogP contribution in [0.15, 0.2) is 24.3 Å². The second kappa shape index (κ2) is 3.88. The van der Waals surface area contributed by atoms with Crippen LogP contribution in [0, 0.1) is 0 Å². The second-order valence-corrected chi connectivity index (χ2v) is 3.99. The molecule has 0 amide bonds. The van der Waals surface area contributed by atoms with Gasteiger partial charge in [-0.25, -0.2) is 0 Å². The second-order valence-electron chi connectivity index (χ2n) is 3.99. The molecule has 86 valence electrons. The number of hydrogen-bond acceptors (Lipinski definition) is 4. The van der Waals surface area contributed by atoms with Gasteiger partial charge < -0.3 is 14.9 Å². The van der Waals surface area contributed by atoms with Gasteiger partial charge in [-0.05, 0) is 12.5 Å². The van der Waals surface area contributed by atoms with Crippen molar-refractivity contribution in [1.82, 2.24) is 0 Å². The third kappa shape index (κ3) is 1.50. The van der Waals surface area contributed by atoms with Crippen LogP contribution in [-0.2, 0) is 4.79 Å². The van der Waals surface area contributed by atoms with Gasteiger partial charge in [-0.1, -0.05) is 18.2 Å². The Hall–Kier alpha value is -1.39. The van der Waals surface area contributed by atoms with Gasteiger partial charge in [0.05, 0.1) is 7.11 Å². The summed E-state index contributed by atoms with van der Waals surface area (Å²) in [7, 11) is 1.48. The van der Waals surface area contributed by atoms with Crippen molar-refractivity contribution in [3.8, 4) is 5.75 Å². The fourth-order valence-corrected chi connectivity index (χ4v) is 1.92. The van der Waals surface area contributed by atoms with E-state index in [0.717, 1.165) is 0 Å². The largest absolute Gasteiger partial charge is 0.496 e. The number of benzene rings is 1. The Labute approximate surface area is 93.5 Å². The highest BCUT2D eigenvalue weighted by Gasteiger charge is 2.51. The van der Waals surface area contributed by atoms with E-state index >= 15 is 0 Å². The molecule has 2 atom stereocenters. The van der Waals surface area contributed by atoms with Crippen molar-refractivity contribution in [3.05, 3.63) is 29.8 Å². The summed E-state index contributed by atoms with van der Waals surface area (Å²) in [5.74, 6) is 0.161. The molecule has 2 unspecified atom stereocenters. The van der Waals surface area contributed by atoms with Crippen molar-refractivity contribution < 1.29 is 19.7 Å². The molecule has 0 saturated heterocycles. The van der Waals surface area contributed by atoms with Crippen molar-refractivity contribution in [3.63, 3.8) is 0 Å². The van der Waals surface area contributed by atoms with Gasteiger partial charge in [0, 0.05) is 12.0 Å². The third-order valence-electron chi connectivity index (χ3n) is 3.10. The number of carbonyl (C=O) groups excluding carboxylic acids is 1. The smallest absolute Gasteiger partial charge is 0.167 e. The maximum Gasteiger partial charge on any atom is 0.167 e. The van der Waals surface area contributed by atoms with Gasteiger partial charge >= 0.3 is 0 Å². The van der Waals surface area contributed by atoms with Crippen LogP contribution in [0.25, 0.3) is 0 Å². The Morgan fingerprint density at radius 2 is 2.12 bits per heavy atom. The number of Topliss-reactive ketones (excluding diaryl/α,β-unsaturated/α-hetero) is 1. The van der Waals surface area contributed by atoms with Crippen LogP contribution in [0.2, 0.25) is 0 Å². The lowest BCUT2D eigenvalue weighted by atomic mass is 9.72. The first-order chi connectivity index (χ1) is 7.59. The van der Waals surface area contributed by atoms with Gasteiger partial charge in [0.2, 0.25) is 0 Å². The molecule has 0 spiro atoms. The van der Waals surface area contributed by atoms with Crippen molar-refractivity contribution in [2.24, 2.45) is 0 Å². The molecule has 1 aliphatic rings. The molecule has 0 radical (unpaired) electrons. The maximum absolute atomic E-state index is 11.3.